The van der Waals surface area contributed by atoms with Crippen LogP contribution in [0.25, 0.3) is 0 Å². The summed E-state index contributed by atoms with van der Waals surface area (Å²) < 4.78 is 28.0. The molecule has 2 N–H and O–H groups in total. The van der Waals surface area contributed by atoms with Gasteiger partial charge in [0.05, 0.1) is 6.10 Å². The molecule has 0 aliphatic rings. The summed E-state index contributed by atoms with van der Waals surface area (Å²) in [5.74, 6) is 0. The fourth-order valence-corrected chi connectivity index (χ4v) is 5.69. The van der Waals surface area contributed by atoms with Crippen molar-refractivity contribution in [3.63, 3.8) is 0 Å². The van der Waals surface area contributed by atoms with Crippen molar-refractivity contribution in [3.05, 3.63) is 0 Å². The molecule has 0 aromatic rings. The molecule has 0 spiro atoms. The molecule has 5 atom stereocenters. The Morgan fingerprint density at radius 3 is 1.26 bits per heavy atom. The number of methoxy groups -OCH3 is 4. The predicted octanol–water partition coefficient (Wildman–Crippen LogP) is 2.74. The minimum absolute atomic E-state index is 0.0408. The van der Waals surface area contributed by atoms with E-state index in [1.807, 2.05) is 20.8 Å². The minimum Gasteiger partial charge on any atom is -0.359 e. The number of hydrogen-bond acceptors (Lipinski definition) is 6. The highest BCUT2D eigenvalue weighted by molar-refractivity contribution is 7.41. The first-order valence-electron chi connectivity index (χ1n) is 7.73. The highest BCUT2D eigenvalue weighted by Gasteiger charge is 2.36. The van der Waals surface area contributed by atoms with Gasteiger partial charge in [-0.3, -0.25) is 0 Å². The fraction of sp³-hybridized carbons (Fsp3) is 1.00. The summed E-state index contributed by atoms with van der Waals surface area (Å²) in [6, 6.07) is 0. The number of ether oxygens (including phenoxy) is 5. The molecule has 5 unspecified atom stereocenters. The molecule has 0 rings (SSSR count). The van der Waals surface area contributed by atoms with Crippen molar-refractivity contribution < 1.29 is 23.7 Å². The van der Waals surface area contributed by atoms with Crippen LogP contribution in [0.4, 0.5) is 0 Å². The van der Waals surface area contributed by atoms with Crippen LogP contribution in [0.1, 0.15) is 34.6 Å². The second-order valence-electron chi connectivity index (χ2n) is 5.88. The molecule has 0 saturated heterocycles. The summed E-state index contributed by atoms with van der Waals surface area (Å²) in [6.07, 6.45) is -0.381. The molecule has 0 aliphatic carbocycles. The Bertz CT molecular complexity index is 299. The second kappa shape index (κ2) is 10.6. The first-order chi connectivity index (χ1) is 10.6. The molecule has 0 aliphatic heterocycles. The van der Waals surface area contributed by atoms with Crippen LogP contribution in [0.2, 0.25) is 0 Å². The van der Waals surface area contributed by atoms with Crippen molar-refractivity contribution in [2.24, 2.45) is 5.73 Å². The number of hydrogen-bond donors (Lipinski definition) is 1. The first kappa shape index (κ1) is 23.6. The van der Waals surface area contributed by atoms with Crippen molar-refractivity contribution in [2.75, 3.05) is 28.4 Å². The Balaban J connectivity index is 5.12. The molecule has 8 heteroatoms. The van der Waals surface area contributed by atoms with Crippen molar-refractivity contribution in [1.82, 2.24) is 0 Å². The predicted molar refractivity (Wildman–Crippen MR) is 98.9 cm³/mol. The van der Waals surface area contributed by atoms with Gasteiger partial charge in [0.15, 0.2) is 11.1 Å². The molecular weight excluding hydrogens is 336 g/mol. The van der Waals surface area contributed by atoms with Crippen LogP contribution in [0.5, 0.6) is 0 Å². The van der Waals surface area contributed by atoms with E-state index < -0.39 is 11.1 Å². The highest BCUT2D eigenvalue weighted by Crippen LogP contribution is 2.45. The van der Waals surface area contributed by atoms with Gasteiger partial charge in [-0.25, -0.2) is 0 Å². The van der Waals surface area contributed by atoms with E-state index in [9.17, 15) is 0 Å². The topological polar surface area (TPSA) is 72.2 Å². The normalized spacial score (nSPS) is 19.6. The van der Waals surface area contributed by atoms with E-state index in [1.165, 1.54) is 0 Å². The zero-order valence-electron chi connectivity index (χ0n) is 15.9. The molecule has 6 nitrogen and oxygen atoms in total. The lowest BCUT2D eigenvalue weighted by molar-refractivity contribution is -0.125. The van der Waals surface area contributed by atoms with Crippen LogP contribution >= 0.6 is 17.2 Å². The van der Waals surface area contributed by atoms with Crippen LogP contribution in [-0.4, -0.2) is 63.1 Å². The molecule has 0 radical (unpaired) electrons. The van der Waals surface area contributed by atoms with Crippen molar-refractivity contribution >= 4 is 17.2 Å². The third-order valence-electron chi connectivity index (χ3n) is 3.90. The van der Waals surface area contributed by atoms with E-state index in [0.29, 0.717) is 17.2 Å². The Morgan fingerprint density at radius 2 is 1.04 bits per heavy atom. The monoisotopic (exact) mass is 371 g/mol. The Hall–Kier alpha value is 0.620. The van der Waals surface area contributed by atoms with Crippen molar-refractivity contribution in [1.29, 1.82) is 0 Å². The van der Waals surface area contributed by atoms with E-state index in [0.717, 1.165) is 0 Å². The molecule has 0 aromatic heterocycles. The third-order valence-corrected chi connectivity index (χ3v) is 7.33. The van der Waals surface area contributed by atoms with E-state index in [2.05, 4.69) is 13.8 Å². The summed E-state index contributed by atoms with van der Waals surface area (Å²) in [5.41, 5.74) is 5.08. The molecule has 140 valence electrons. The van der Waals surface area contributed by atoms with Crippen LogP contribution in [-0.2, 0) is 23.7 Å². The third kappa shape index (κ3) is 8.02. The maximum atomic E-state index is 6.01. The highest BCUT2D eigenvalue weighted by atomic mass is 31.1. The summed E-state index contributed by atoms with van der Waals surface area (Å²) in [6.45, 7) is 9.99. The number of nitrogens with two attached hydrogens (primary N) is 1. The maximum Gasteiger partial charge on any atom is 0.180 e. The Labute approximate surface area is 145 Å². The van der Waals surface area contributed by atoms with Gasteiger partial charge in [0.2, 0.25) is 0 Å². The Kier molecular flexibility index (Phi) is 10.9. The average molecular weight is 371 g/mol. The second-order valence-corrected chi connectivity index (χ2v) is 10.1. The van der Waals surface area contributed by atoms with Gasteiger partial charge in [0.25, 0.3) is 0 Å². The lowest BCUT2D eigenvalue weighted by atomic mass is 10.2. The lowest BCUT2D eigenvalue weighted by Gasteiger charge is -2.38. The SMILES string of the molecule is COC(C)(OC)PC(C)C(OC(C)N)C(C)PC(C)(OC)OC. The van der Waals surface area contributed by atoms with E-state index in [1.54, 1.807) is 28.4 Å². The zero-order chi connectivity index (χ0) is 18.3. The standard InChI is InChI=1S/C15H35NO5P2/c1-10(22-14(4,17-6)18-7)13(21-12(3)16)11(2)23-15(5,19-8)20-9/h10-13,22-23H,16H2,1-9H3. The average Bonchev–Trinajstić information content (AvgIpc) is 2.51. The van der Waals surface area contributed by atoms with Crippen LogP contribution in [0.15, 0.2) is 0 Å². The molecular formula is C15H35NO5P2. The zero-order valence-corrected chi connectivity index (χ0v) is 17.9. The van der Waals surface area contributed by atoms with Crippen LogP contribution < -0.4 is 5.73 Å². The van der Waals surface area contributed by atoms with Gasteiger partial charge in [0, 0.05) is 39.8 Å². The van der Waals surface area contributed by atoms with Gasteiger partial charge in [-0.05, 0) is 20.8 Å². The summed E-state index contributed by atoms with van der Waals surface area (Å²) >= 11 is 0. The summed E-state index contributed by atoms with van der Waals surface area (Å²) in [5, 5.41) is 0. The van der Waals surface area contributed by atoms with Crippen molar-refractivity contribution in [2.45, 2.75) is 69.3 Å². The lowest BCUT2D eigenvalue weighted by Crippen LogP contribution is -2.42. The van der Waals surface area contributed by atoms with Gasteiger partial charge >= 0.3 is 0 Å². The molecule has 0 fully saturated rings. The molecule has 0 amide bonds. The van der Waals surface area contributed by atoms with E-state index in [-0.39, 0.29) is 23.6 Å². The fourth-order valence-electron chi connectivity index (χ4n) is 2.31. The summed E-state index contributed by atoms with van der Waals surface area (Å²) in [7, 11) is 7.44. The quantitative estimate of drug-likeness (QED) is 0.420. The van der Waals surface area contributed by atoms with E-state index >= 15 is 0 Å². The molecule has 0 aromatic carbocycles. The van der Waals surface area contributed by atoms with Gasteiger partial charge < -0.3 is 29.4 Å². The summed E-state index contributed by atoms with van der Waals surface area (Å²) in [4.78, 5) is 0. The van der Waals surface area contributed by atoms with Crippen LogP contribution in [0.3, 0.4) is 0 Å². The van der Waals surface area contributed by atoms with Gasteiger partial charge in [-0.1, -0.05) is 31.0 Å². The first-order valence-corrected chi connectivity index (χ1v) is 9.88. The molecule has 0 heterocycles. The smallest absolute Gasteiger partial charge is 0.180 e. The van der Waals surface area contributed by atoms with Crippen molar-refractivity contribution in [3.8, 4) is 0 Å². The van der Waals surface area contributed by atoms with Gasteiger partial charge in [-0.2, -0.15) is 0 Å². The Morgan fingerprint density at radius 1 is 0.739 bits per heavy atom. The maximum absolute atomic E-state index is 6.01. The minimum atomic E-state index is -0.618. The van der Waals surface area contributed by atoms with Gasteiger partial charge in [0.1, 0.15) is 6.23 Å². The van der Waals surface area contributed by atoms with Gasteiger partial charge in [-0.15, -0.1) is 0 Å². The largest absolute Gasteiger partial charge is 0.359 e. The molecule has 23 heavy (non-hydrogen) atoms. The molecule has 0 bridgehead atoms. The molecule has 0 saturated carbocycles. The van der Waals surface area contributed by atoms with Crippen LogP contribution in [0, 0.1) is 0 Å². The number of rotatable bonds is 12. The van der Waals surface area contributed by atoms with E-state index in [4.69, 9.17) is 29.4 Å².